The van der Waals surface area contributed by atoms with Crippen LogP contribution in [-0.2, 0) is 0 Å². The van der Waals surface area contributed by atoms with Gasteiger partial charge in [-0.25, -0.2) is 4.98 Å². The van der Waals surface area contributed by atoms with Crippen molar-refractivity contribution in [2.75, 3.05) is 19.5 Å². The molecule has 1 unspecified atom stereocenters. The molecule has 22 heavy (non-hydrogen) atoms. The van der Waals surface area contributed by atoms with E-state index in [9.17, 15) is 0 Å². The summed E-state index contributed by atoms with van der Waals surface area (Å²) in [4.78, 5) is 8.41. The number of aromatic nitrogens is 2. The number of ether oxygens (including phenoxy) is 2. The first kappa shape index (κ1) is 14.2. The zero-order valence-electron chi connectivity index (χ0n) is 12.7. The third-order valence-electron chi connectivity index (χ3n) is 3.36. The van der Waals surface area contributed by atoms with Gasteiger partial charge in [-0.3, -0.25) is 0 Å². The van der Waals surface area contributed by atoms with Gasteiger partial charge in [0.05, 0.1) is 20.3 Å². The molecule has 3 aromatic rings. The van der Waals surface area contributed by atoms with Crippen molar-refractivity contribution in [3.8, 4) is 11.6 Å². The number of fused-ring (bicyclic) bond motifs is 1. The maximum Gasteiger partial charge on any atom is 0.226 e. The average molecular weight is 299 g/mol. The predicted molar refractivity (Wildman–Crippen MR) is 83.4 cm³/mol. The maximum absolute atomic E-state index is 5.91. The van der Waals surface area contributed by atoms with E-state index in [-0.39, 0.29) is 6.04 Å². The monoisotopic (exact) mass is 299 g/mol. The molecule has 1 atom stereocenters. The minimum absolute atomic E-state index is 0.0933. The van der Waals surface area contributed by atoms with Gasteiger partial charge in [0.15, 0.2) is 11.3 Å². The summed E-state index contributed by atoms with van der Waals surface area (Å²) in [7, 11) is 3.20. The smallest absolute Gasteiger partial charge is 0.226 e. The van der Waals surface area contributed by atoms with E-state index in [1.165, 1.54) is 0 Å². The Labute approximate surface area is 128 Å². The highest BCUT2D eigenvalue weighted by atomic mass is 16.5. The molecule has 0 radical (unpaired) electrons. The first-order chi connectivity index (χ1) is 10.7. The van der Waals surface area contributed by atoms with Crippen LogP contribution in [0.25, 0.3) is 11.0 Å². The number of para-hydroxylation sites is 1. The van der Waals surface area contributed by atoms with E-state index >= 15 is 0 Å². The molecule has 3 rings (SSSR count). The summed E-state index contributed by atoms with van der Waals surface area (Å²) in [5, 5.41) is 4.19. The maximum atomic E-state index is 5.91. The van der Waals surface area contributed by atoms with Crippen LogP contribution in [0.15, 0.2) is 40.9 Å². The molecule has 0 fully saturated rings. The number of methoxy groups -OCH3 is 2. The Morgan fingerprint density at radius 1 is 1.18 bits per heavy atom. The van der Waals surface area contributed by atoms with Crippen molar-refractivity contribution in [2.24, 2.45) is 0 Å². The van der Waals surface area contributed by atoms with Crippen LogP contribution in [0.5, 0.6) is 11.6 Å². The number of hydrogen-bond donors (Lipinski definition) is 1. The number of nitrogens with zero attached hydrogens (tertiary/aromatic N) is 2. The lowest BCUT2D eigenvalue weighted by Crippen LogP contribution is -2.08. The Kier molecular flexibility index (Phi) is 3.82. The fraction of sp³-hybridized carbons (Fsp3) is 0.250. The standard InChI is InChI=1S/C16H17N3O3/c1-10(18-16-17-8-7-14(19-16)21-3)13-9-11-5-4-6-12(20-2)15(11)22-13/h4-10H,1-3H3,(H,17,18,19). The first-order valence-corrected chi connectivity index (χ1v) is 6.91. The van der Waals surface area contributed by atoms with E-state index in [0.717, 1.165) is 16.7 Å². The largest absolute Gasteiger partial charge is 0.493 e. The predicted octanol–water partition coefficient (Wildman–Crippen LogP) is 3.41. The molecule has 6 heteroatoms. The van der Waals surface area contributed by atoms with E-state index in [0.29, 0.717) is 17.6 Å². The second-order valence-corrected chi connectivity index (χ2v) is 4.82. The molecule has 0 saturated heterocycles. The minimum atomic E-state index is -0.0933. The molecule has 1 aromatic carbocycles. The highest BCUT2D eigenvalue weighted by Gasteiger charge is 2.15. The van der Waals surface area contributed by atoms with Crippen molar-refractivity contribution in [2.45, 2.75) is 13.0 Å². The zero-order chi connectivity index (χ0) is 15.5. The number of rotatable bonds is 5. The topological polar surface area (TPSA) is 69.4 Å². The van der Waals surface area contributed by atoms with Crippen molar-refractivity contribution in [1.29, 1.82) is 0 Å². The second-order valence-electron chi connectivity index (χ2n) is 4.82. The molecule has 0 amide bonds. The molecule has 2 aromatic heterocycles. The second kappa shape index (κ2) is 5.93. The van der Waals surface area contributed by atoms with E-state index in [4.69, 9.17) is 13.9 Å². The van der Waals surface area contributed by atoms with Crippen LogP contribution in [0.4, 0.5) is 5.95 Å². The zero-order valence-corrected chi connectivity index (χ0v) is 12.7. The van der Waals surface area contributed by atoms with Crippen molar-refractivity contribution in [3.63, 3.8) is 0 Å². The summed E-state index contributed by atoms with van der Waals surface area (Å²) in [6.07, 6.45) is 1.64. The van der Waals surface area contributed by atoms with Crippen LogP contribution >= 0.6 is 0 Å². The van der Waals surface area contributed by atoms with Gasteiger partial charge < -0.3 is 19.2 Å². The lowest BCUT2D eigenvalue weighted by molar-refractivity contribution is 0.397. The van der Waals surface area contributed by atoms with Gasteiger partial charge in [-0.1, -0.05) is 12.1 Å². The molecule has 0 bridgehead atoms. The quantitative estimate of drug-likeness (QED) is 0.778. The Hall–Kier alpha value is -2.76. The number of nitrogens with one attached hydrogen (secondary N) is 1. The summed E-state index contributed by atoms with van der Waals surface area (Å²) in [5.74, 6) is 2.50. The first-order valence-electron chi connectivity index (χ1n) is 6.91. The Morgan fingerprint density at radius 2 is 2.05 bits per heavy atom. The SMILES string of the molecule is COc1ccnc(NC(C)c2cc3cccc(OC)c3o2)n1. The molecule has 0 aliphatic heterocycles. The molecule has 0 saturated carbocycles. The number of anilines is 1. The van der Waals surface area contributed by atoms with Gasteiger partial charge in [0, 0.05) is 17.6 Å². The Morgan fingerprint density at radius 3 is 2.82 bits per heavy atom. The van der Waals surface area contributed by atoms with Gasteiger partial charge in [0.2, 0.25) is 11.8 Å². The number of benzene rings is 1. The Balaban J connectivity index is 1.87. The minimum Gasteiger partial charge on any atom is -0.493 e. The molecule has 0 spiro atoms. The molecule has 2 heterocycles. The van der Waals surface area contributed by atoms with Gasteiger partial charge in [-0.2, -0.15) is 4.98 Å². The number of furan rings is 1. The molecular formula is C16H17N3O3. The van der Waals surface area contributed by atoms with E-state index < -0.39 is 0 Å². The van der Waals surface area contributed by atoms with Crippen molar-refractivity contribution in [3.05, 3.63) is 42.3 Å². The molecule has 6 nitrogen and oxygen atoms in total. The fourth-order valence-corrected chi connectivity index (χ4v) is 2.22. The van der Waals surface area contributed by atoms with Crippen molar-refractivity contribution in [1.82, 2.24) is 9.97 Å². The molecule has 0 aliphatic carbocycles. The molecular weight excluding hydrogens is 282 g/mol. The van der Waals surface area contributed by atoms with Gasteiger partial charge in [0.25, 0.3) is 0 Å². The van der Waals surface area contributed by atoms with Gasteiger partial charge in [-0.05, 0) is 19.1 Å². The lowest BCUT2D eigenvalue weighted by Gasteiger charge is -2.11. The van der Waals surface area contributed by atoms with E-state index in [2.05, 4.69) is 15.3 Å². The van der Waals surface area contributed by atoms with Crippen LogP contribution < -0.4 is 14.8 Å². The molecule has 114 valence electrons. The molecule has 0 aliphatic rings. The normalized spacial score (nSPS) is 12.1. The third-order valence-corrected chi connectivity index (χ3v) is 3.36. The summed E-state index contributed by atoms with van der Waals surface area (Å²) < 4.78 is 16.3. The van der Waals surface area contributed by atoms with Crippen LogP contribution in [-0.4, -0.2) is 24.2 Å². The fourth-order valence-electron chi connectivity index (χ4n) is 2.22. The summed E-state index contributed by atoms with van der Waals surface area (Å²) in [6, 6.07) is 9.38. The van der Waals surface area contributed by atoms with Gasteiger partial charge in [-0.15, -0.1) is 0 Å². The van der Waals surface area contributed by atoms with E-state index in [1.54, 1.807) is 26.5 Å². The van der Waals surface area contributed by atoms with Crippen LogP contribution in [0.1, 0.15) is 18.7 Å². The van der Waals surface area contributed by atoms with Crippen LogP contribution in [0.3, 0.4) is 0 Å². The lowest BCUT2D eigenvalue weighted by atomic mass is 10.2. The Bertz CT molecular complexity index is 785. The molecule has 1 N–H and O–H groups in total. The van der Waals surface area contributed by atoms with E-state index in [1.807, 2.05) is 31.2 Å². The van der Waals surface area contributed by atoms with Crippen molar-refractivity contribution < 1.29 is 13.9 Å². The van der Waals surface area contributed by atoms with Gasteiger partial charge in [0.1, 0.15) is 5.76 Å². The number of hydrogen-bond acceptors (Lipinski definition) is 6. The summed E-state index contributed by atoms with van der Waals surface area (Å²) >= 11 is 0. The average Bonchev–Trinajstić information content (AvgIpc) is 2.99. The highest BCUT2D eigenvalue weighted by Crippen LogP contribution is 2.31. The highest BCUT2D eigenvalue weighted by molar-refractivity contribution is 5.83. The van der Waals surface area contributed by atoms with Crippen LogP contribution in [0, 0.1) is 0 Å². The van der Waals surface area contributed by atoms with Crippen LogP contribution in [0.2, 0.25) is 0 Å². The van der Waals surface area contributed by atoms with Gasteiger partial charge >= 0.3 is 0 Å². The third kappa shape index (κ3) is 2.67. The summed E-state index contributed by atoms with van der Waals surface area (Å²) in [5.41, 5.74) is 0.736. The summed E-state index contributed by atoms with van der Waals surface area (Å²) in [6.45, 7) is 1.98. The van der Waals surface area contributed by atoms with Crippen molar-refractivity contribution >= 4 is 16.9 Å².